The first-order valence-electron chi connectivity index (χ1n) is 5.06. The highest BCUT2D eigenvalue weighted by Crippen LogP contribution is 2.40. The van der Waals surface area contributed by atoms with Crippen molar-refractivity contribution >= 4 is 29.1 Å². The van der Waals surface area contributed by atoms with E-state index in [0.29, 0.717) is 6.07 Å². The van der Waals surface area contributed by atoms with Crippen molar-refractivity contribution in [1.82, 2.24) is 0 Å². The van der Waals surface area contributed by atoms with Crippen LogP contribution in [0.5, 0.6) is 0 Å². The number of carbonyl (C=O) groups is 1. The highest BCUT2D eigenvalue weighted by atomic mass is 35.5. The van der Waals surface area contributed by atoms with E-state index in [2.05, 4.69) is 0 Å². The lowest BCUT2D eigenvalue weighted by atomic mass is 10.0. The molecule has 0 atom stereocenters. The van der Waals surface area contributed by atoms with Gasteiger partial charge in [-0.3, -0.25) is 4.79 Å². The standard InChI is InChI=1S/C11H7ClF6OS/c12-5-7(19)3-6-1-2-8(20-11(16,17)18)4-9(6)10(13,14)15/h1-2,4H,3,5H2. The first-order valence-corrected chi connectivity index (χ1v) is 6.41. The average Bonchev–Trinajstić information content (AvgIpc) is 2.27. The third-order valence-corrected chi connectivity index (χ3v) is 3.18. The molecule has 0 fully saturated rings. The van der Waals surface area contributed by atoms with Gasteiger partial charge in [0, 0.05) is 11.3 Å². The van der Waals surface area contributed by atoms with E-state index in [1.807, 2.05) is 0 Å². The summed E-state index contributed by atoms with van der Waals surface area (Å²) in [7, 11) is 0. The van der Waals surface area contributed by atoms with Crippen LogP contribution in [0.4, 0.5) is 26.3 Å². The molecule has 1 nitrogen and oxygen atoms in total. The van der Waals surface area contributed by atoms with E-state index in [4.69, 9.17) is 11.6 Å². The van der Waals surface area contributed by atoms with Crippen molar-refractivity contribution in [3.8, 4) is 0 Å². The number of thioether (sulfide) groups is 1. The van der Waals surface area contributed by atoms with Crippen molar-refractivity contribution in [2.45, 2.75) is 23.0 Å². The van der Waals surface area contributed by atoms with Crippen molar-refractivity contribution in [1.29, 1.82) is 0 Å². The van der Waals surface area contributed by atoms with Gasteiger partial charge in [-0.2, -0.15) is 26.3 Å². The van der Waals surface area contributed by atoms with Gasteiger partial charge in [-0.1, -0.05) is 6.07 Å². The minimum absolute atomic E-state index is 0.384. The topological polar surface area (TPSA) is 17.1 Å². The normalized spacial score (nSPS) is 12.6. The molecule has 1 aromatic rings. The molecule has 0 saturated carbocycles. The third-order valence-electron chi connectivity index (χ3n) is 2.16. The molecule has 9 heteroatoms. The van der Waals surface area contributed by atoms with E-state index < -0.39 is 57.6 Å². The number of Topliss-reactive ketones (excluding diaryl/α,β-unsaturated/α-hetero) is 1. The zero-order valence-corrected chi connectivity index (χ0v) is 11.2. The summed E-state index contributed by atoms with van der Waals surface area (Å²) < 4.78 is 74.8. The van der Waals surface area contributed by atoms with Gasteiger partial charge in [0.25, 0.3) is 0 Å². The first-order chi connectivity index (χ1) is 9.03. The zero-order valence-electron chi connectivity index (χ0n) is 9.61. The molecule has 0 aliphatic carbocycles. The summed E-state index contributed by atoms with van der Waals surface area (Å²) in [5.74, 6) is -1.11. The second kappa shape index (κ2) is 6.26. The summed E-state index contributed by atoms with van der Waals surface area (Å²) >= 11 is 4.56. The molecule has 0 amide bonds. The maximum absolute atomic E-state index is 12.8. The average molecular weight is 337 g/mol. The fraction of sp³-hybridized carbons (Fsp3) is 0.364. The summed E-state index contributed by atoms with van der Waals surface area (Å²) in [6.07, 6.45) is -5.42. The summed E-state index contributed by atoms with van der Waals surface area (Å²) in [5.41, 5.74) is -6.34. The number of hydrogen-bond donors (Lipinski definition) is 0. The molecule has 0 N–H and O–H groups in total. The van der Waals surface area contributed by atoms with Crippen LogP contribution in [0, 0.1) is 0 Å². The molecule has 0 radical (unpaired) electrons. The van der Waals surface area contributed by atoms with Crippen LogP contribution in [-0.4, -0.2) is 17.2 Å². The minimum atomic E-state index is -4.84. The first kappa shape index (κ1) is 17.2. The lowest BCUT2D eigenvalue weighted by Crippen LogP contribution is -2.13. The minimum Gasteiger partial charge on any atom is -0.298 e. The smallest absolute Gasteiger partial charge is 0.298 e. The second-order valence-electron chi connectivity index (χ2n) is 3.71. The van der Waals surface area contributed by atoms with Crippen LogP contribution < -0.4 is 0 Å². The SMILES string of the molecule is O=C(CCl)Cc1ccc(SC(F)(F)F)cc1C(F)(F)F. The molecule has 0 aliphatic rings. The molecular formula is C11H7ClF6OS. The fourth-order valence-electron chi connectivity index (χ4n) is 1.43. The lowest BCUT2D eigenvalue weighted by Gasteiger charge is -2.14. The Morgan fingerprint density at radius 2 is 1.75 bits per heavy atom. The van der Waals surface area contributed by atoms with Crippen molar-refractivity contribution in [2.24, 2.45) is 0 Å². The number of hydrogen-bond acceptors (Lipinski definition) is 2. The van der Waals surface area contributed by atoms with Crippen molar-refractivity contribution < 1.29 is 31.1 Å². The Morgan fingerprint density at radius 1 is 1.15 bits per heavy atom. The molecule has 0 spiro atoms. The van der Waals surface area contributed by atoms with Gasteiger partial charge in [-0.05, 0) is 29.5 Å². The van der Waals surface area contributed by atoms with Crippen molar-refractivity contribution in [3.63, 3.8) is 0 Å². The predicted octanol–water partition coefficient (Wildman–Crippen LogP) is 4.67. The molecule has 0 aliphatic heterocycles. The van der Waals surface area contributed by atoms with Crippen LogP contribution in [0.25, 0.3) is 0 Å². The number of carbonyl (C=O) groups excluding carboxylic acids is 1. The van der Waals surface area contributed by atoms with Crippen LogP contribution >= 0.6 is 23.4 Å². The van der Waals surface area contributed by atoms with Gasteiger partial charge in [0.05, 0.1) is 11.4 Å². The summed E-state index contributed by atoms with van der Waals surface area (Å²) in [6, 6.07) is 2.14. The van der Waals surface area contributed by atoms with Gasteiger partial charge in [-0.25, -0.2) is 0 Å². The summed E-state index contributed by atoms with van der Waals surface area (Å²) in [5, 5.41) is 0. The second-order valence-corrected chi connectivity index (χ2v) is 5.12. The maximum atomic E-state index is 12.8. The maximum Gasteiger partial charge on any atom is 0.446 e. The van der Waals surface area contributed by atoms with Crippen molar-refractivity contribution in [2.75, 3.05) is 5.88 Å². The highest BCUT2D eigenvalue weighted by molar-refractivity contribution is 8.00. The quantitative estimate of drug-likeness (QED) is 0.451. The molecule has 112 valence electrons. The predicted molar refractivity (Wildman–Crippen MR) is 62.8 cm³/mol. The lowest BCUT2D eigenvalue weighted by molar-refractivity contribution is -0.138. The van der Waals surface area contributed by atoms with Gasteiger partial charge >= 0.3 is 11.7 Å². The largest absolute Gasteiger partial charge is 0.446 e. The number of benzene rings is 1. The molecule has 0 bridgehead atoms. The highest BCUT2D eigenvalue weighted by Gasteiger charge is 2.36. The van der Waals surface area contributed by atoms with E-state index >= 15 is 0 Å². The number of alkyl halides is 7. The third kappa shape index (κ3) is 5.24. The van der Waals surface area contributed by atoms with Crippen molar-refractivity contribution in [3.05, 3.63) is 29.3 Å². The molecule has 0 saturated heterocycles. The molecule has 1 aromatic carbocycles. The van der Waals surface area contributed by atoms with Crippen LogP contribution in [0.1, 0.15) is 11.1 Å². The van der Waals surface area contributed by atoms with E-state index in [0.717, 1.165) is 12.1 Å². The van der Waals surface area contributed by atoms with Gasteiger partial charge < -0.3 is 0 Å². The Labute approximate surface area is 119 Å². The number of rotatable bonds is 4. The number of ketones is 1. The van der Waals surface area contributed by atoms with Gasteiger partial charge in [0.15, 0.2) is 5.78 Å². The molecule has 0 heterocycles. The van der Waals surface area contributed by atoms with E-state index in [1.54, 1.807) is 0 Å². The summed E-state index contributed by atoms with van der Waals surface area (Å²) in [4.78, 5) is 10.5. The van der Waals surface area contributed by atoms with Gasteiger partial charge in [-0.15, -0.1) is 11.6 Å². The molecule has 0 unspecified atom stereocenters. The zero-order chi connectivity index (χ0) is 15.6. The van der Waals surface area contributed by atoms with Gasteiger partial charge in [0.1, 0.15) is 0 Å². The summed E-state index contributed by atoms with van der Waals surface area (Å²) in [6.45, 7) is 0. The Balaban J connectivity index is 3.17. The van der Waals surface area contributed by atoms with Crippen LogP contribution in [0.15, 0.2) is 23.1 Å². The molecular weight excluding hydrogens is 330 g/mol. The number of halogens is 7. The molecule has 1 rings (SSSR count). The van der Waals surface area contributed by atoms with Gasteiger partial charge in [0.2, 0.25) is 0 Å². The Kier molecular flexibility index (Phi) is 5.37. The van der Waals surface area contributed by atoms with Crippen LogP contribution in [-0.2, 0) is 17.4 Å². The molecule has 0 aromatic heterocycles. The van der Waals surface area contributed by atoms with Crippen LogP contribution in [0.2, 0.25) is 0 Å². The van der Waals surface area contributed by atoms with E-state index in [-0.39, 0.29) is 0 Å². The Hall–Kier alpha value is -0.890. The monoisotopic (exact) mass is 336 g/mol. The molecule has 20 heavy (non-hydrogen) atoms. The van der Waals surface area contributed by atoms with E-state index in [1.165, 1.54) is 0 Å². The van der Waals surface area contributed by atoms with E-state index in [9.17, 15) is 31.1 Å². The van der Waals surface area contributed by atoms with Crippen LogP contribution in [0.3, 0.4) is 0 Å². The Morgan fingerprint density at radius 3 is 2.20 bits per heavy atom. The Bertz CT molecular complexity index is 497. The fourth-order valence-corrected chi connectivity index (χ4v) is 2.11.